The van der Waals surface area contributed by atoms with Crippen molar-refractivity contribution in [3.63, 3.8) is 0 Å². The Balaban J connectivity index is 2.33. The largest absolute Gasteiger partial charge is 0.463 e. The fourth-order valence-corrected chi connectivity index (χ4v) is 4.17. The molecule has 0 bridgehead atoms. The number of benzene rings is 2. The first-order valence-corrected chi connectivity index (χ1v) is 11.1. The van der Waals surface area contributed by atoms with Gasteiger partial charge >= 0.3 is 11.9 Å². The van der Waals surface area contributed by atoms with Crippen LogP contribution in [0.5, 0.6) is 0 Å². The van der Waals surface area contributed by atoms with Gasteiger partial charge in [0.2, 0.25) is 0 Å². The summed E-state index contributed by atoms with van der Waals surface area (Å²) in [6.07, 6.45) is 0. The number of hydrogen-bond acceptors (Lipinski definition) is 7. The topological polar surface area (TPSA) is 116 Å². The van der Waals surface area contributed by atoms with Gasteiger partial charge in [0.25, 0.3) is 11.6 Å². The number of ether oxygens (including phenoxy) is 2. The zero-order chi connectivity index (χ0) is 25.7. The molecule has 0 N–H and O–H groups in total. The minimum Gasteiger partial charge on any atom is -0.463 e. The molecule has 0 spiro atoms. The molecule has 2 aromatic carbocycles. The third-order valence-electron chi connectivity index (χ3n) is 5.66. The first-order chi connectivity index (χ1) is 16.7. The smallest absolute Gasteiger partial charge is 0.336 e. The Labute approximate surface area is 202 Å². The molecule has 182 valence electrons. The highest BCUT2D eigenvalue weighted by Crippen LogP contribution is 2.44. The molecule has 1 heterocycles. The van der Waals surface area contributed by atoms with Crippen molar-refractivity contribution in [3.8, 4) is 0 Å². The van der Waals surface area contributed by atoms with Crippen LogP contribution < -0.4 is 0 Å². The summed E-state index contributed by atoms with van der Waals surface area (Å²) in [5.74, 6) is -2.95. The molecule has 9 nitrogen and oxygen atoms in total. The lowest BCUT2D eigenvalue weighted by atomic mass is 9.79. The third-order valence-corrected chi connectivity index (χ3v) is 5.66. The van der Waals surface area contributed by atoms with Crippen LogP contribution in [0.4, 0.5) is 5.69 Å². The molecule has 3 rings (SSSR count). The number of nitro groups is 1. The molecule has 2 aromatic rings. The quantitative estimate of drug-likeness (QED) is 0.327. The van der Waals surface area contributed by atoms with E-state index in [1.807, 2.05) is 0 Å². The first kappa shape index (κ1) is 25.4. The van der Waals surface area contributed by atoms with Gasteiger partial charge in [0.05, 0.1) is 35.2 Å². The van der Waals surface area contributed by atoms with E-state index in [-0.39, 0.29) is 41.4 Å². The van der Waals surface area contributed by atoms with Crippen molar-refractivity contribution in [1.82, 2.24) is 4.90 Å². The Morgan fingerprint density at radius 3 is 1.91 bits per heavy atom. The molecule has 35 heavy (non-hydrogen) atoms. The van der Waals surface area contributed by atoms with E-state index in [0.29, 0.717) is 11.1 Å². The molecule has 0 radical (unpaired) electrons. The van der Waals surface area contributed by atoms with Gasteiger partial charge in [0.15, 0.2) is 0 Å². The number of nitrogens with zero attached hydrogens (tertiary/aromatic N) is 2. The fraction of sp³-hybridized carbons (Fsp3) is 0.269. The van der Waals surface area contributed by atoms with Crippen molar-refractivity contribution in [3.05, 3.63) is 98.4 Å². The molecule has 1 aliphatic heterocycles. The van der Waals surface area contributed by atoms with Gasteiger partial charge in [-0.2, -0.15) is 0 Å². The Hall–Kier alpha value is -4.27. The minimum absolute atomic E-state index is 0.0327. The van der Waals surface area contributed by atoms with Gasteiger partial charge in [-0.3, -0.25) is 19.8 Å². The van der Waals surface area contributed by atoms with E-state index in [1.165, 1.54) is 23.1 Å². The highest BCUT2D eigenvalue weighted by Gasteiger charge is 2.42. The van der Waals surface area contributed by atoms with Crippen LogP contribution in [-0.2, 0) is 19.1 Å². The third kappa shape index (κ3) is 4.98. The molecule has 0 aliphatic carbocycles. The van der Waals surface area contributed by atoms with Crippen LogP contribution in [0.1, 0.15) is 49.5 Å². The Morgan fingerprint density at radius 2 is 1.43 bits per heavy atom. The van der Waals surface area contributed by atoms with Gasteiger partial charge in [-0.1, -0.05) is 30.3 Å². The van der Waals surface area contributed by atoms with Crippen LogP contribution in [0.2, 0.25) is 0 Å². The maximum absolute atomic E-state index is 13.5. The van der Waals surface area contributed by atoms with Gasteiger partial charge in [0.1, 0.15) is 0 Å². The molecule has 9 heteroatoms. The highest BCUT2D eigenvalue weighted by atomic mass is 16.6. The number of non-ortho nitro benzene ring substituents is 1. The zero-order valence-corrected chi connectivity index (χ0v) is 19.9. The lowest BCUT2D eigenvalue weighted by Gasteiger charge is -2.36. The van der Waals surface area contributed by atoms with E-state index in [4.69, 9.17) is 9.47 Å². The zero-order valence-electron chi connectivity index (χ0n) is 19.9. The average molecular weight is 479 g/mol. The van der Waals surface area contributed by atoms with Gasteiger partial charge in [-0.25, -0.2) is 9.59 Å². The Bertz CT molecular complexity index is 1190. The summed E-state index contributed by atoms with van der Waals surface area (Å²) in [6.45, 7) is 6.56. The molecule has 0 atom stereocenters. The molecule has 0 fully saturated rings. The van der Waals surface area contributed by atoms with E-state index in [2.05, 4.69) is 0 Å². The number of hydrogen-bond donors (Lipinski definition) is 0. The van der Waals surface area contributed by atoms with E-state index in [0.717, 1.165) is 0 Å². The molecule has 1 amide bonds. The summed E-state index contributed by atoms with van der Waals surface area (Å²) in [5.41, 5.74) is 1.07. The minimum atomic E-state index is -1.03. The van der Waals surface area contributed by atoms with Crippen molar-refractivity contribution in [1.29, 1.82) is 0 Å². The van der Waals surface area contributed by atoms with Crippen LogP contribution in [0.3, 0.4) is 0 Å². The van der Waals surface area contributed by atoms with Crippen molar-refractivity contribution in [2.75, 3.05) is 13.2 Å². The van der Waals surface area contributed by atoms with E-state index < -0.39 is 28.7 Å². The number of carbonyl (C=O) groups is 3. The highest BCUT2D eigenvalue weighted by molar-refractivity contribution is 6.04. The van der Waals surface area contributed by atoms with Crippen LogP contribution in [0.25, 0.3) is 0 Å². The van der Waals surface area contributed by atoms with Crippen molar-refractivity contribution >= 4 is 23.5 Å². The predicted octanol–water partition coefficient (Wildman–Crippen LogP) is 4.51. The molecular formula is C26H26N2O7. The number of allylic oxidation sites excluding steroid dienone is 2. The SMILES string of the molecule is CCOC(=O)C1=C(C)N(C(=O)c2ccccc2)C(C)=C(C(=O)OCC)C1c1cccc([N+](=O)[O-])c1. The molecule has 0 aromatic heterocycles. The van der Waals surface area contributed by atoms with E-state index >= 15 is 0 Å². The lowest BCUT2D eigenvalue weighted by molar-refractivity contribution is -0.384. The number of nitro benzene ring substituents is 1. The second-order valence-electron chi connectivity index (χ2n) is 7.73. The molecule has 0 saturated carbocycles. The summed E-state index contributed by atoms with van der Waals surface area (Å²) in [4.78, 5) is 52.1. The maximum Gasteiger partial charge on any atom is 0.336 e. The second kappa shape index (κ2) is 10.8. The Morgan fingerprint density at radius 1 is 0.886 bits per heavy atom. The standard InChI is InChI=1S/C26H26N2O7/c1-5-34-25(30)21-16(3)27(24(29)18-11-8-7-9-12-18)17(4)22(26(31)35-6-2)23(21)19-13-10-14-20(15-19)28(32)33/h7-15,23H,5-6H2,1-4H3. The van der Waals surface area contributed by atoms with Crippen LogP contribution in [-0.4, -0.2) is 40.9 Å². The monoisotopic (exact) mass is 478 g/mol. The van der Waals surface area contributed by atoms with E-state index in [1.54, 1.807) is 64.1 Å². The first-order valence-electron chi connectivity index (χ1n) is 11.1. The second-order valence-corrected chi connectivity index (χ2v) is 7.73. The normalized spacial score (nSPS) is 14.1. The van der Waals surface area contributed by atoms with Gasteiger partial charge in [-0.05, 0) is 45.4 Å². The Kier molecular flexibility index (Phi) is 7.80. The average Bonchev–Trinajstić information content (AvgIpc) is 2.84. The summed E-state index contributed by atoms with van der Waals surface area (Å²) >= 11 is 0. The number of esters is 2. The summed E-state index contributed by atoms with van der Waals surface area (Å²) < 4.78 is 10.6. The van der Waals surface area contributed by atoms with Gasteiger partial charge in [-0.15, -0.1) is 0 Å². The maximum atomic E-state index is 13.5. The fourth-order valence-electron chi connectivity index (χ4n) is 4.17. The van der Waals surface area contributed by atoms with Crippen LogP contribution in [0, 0.1) is 10.1 Å². The molecule has 0 saturated heterocycles. The number of amides is 1. The van der Waals surface area contributed by atoms with E-state index in [9.17, 15) is 24.5 Å². The number of rotatable bonds is 7. The predicted molar refractivity (Wildman–Crippen MR) is 127 cm³/mol. The van der Waals surface area contributed by atoms with Crippen LogP contribution in [0.15, 0.2) is 77.1 Å². The molecule has 1 aliphatic rings. The summed E-state index contributed by atoms with van der Waals surface area (Å²) in [6, 6.07) is 14.1. The van der Waals surface area contributed by atoms with Crippen molar-refractivity contribution in [2.45, 2.75) is 33.6 Å². The molecule has 0 unspecified atom stereocenters. The van der Waals surface area contributed by atoms with Gasteiger partial charge < -0.3 is 9.47 Å². The summed E-state index contributed by atoms with van der Waals surface area (Å²) in [5, 5.41) is 11.4. The molecular weight excluding hydrogens is 452 g/mol. The lowest BCUT2D eigenvalue weighted by Crippen LogP contribution is -2.38. The van der Waals surface area contributed by atoms with Crippen molar-refractivity contribution < 1.29 is 28.8 Å². The number of carbonyl (C=O) groups excluding carboxylic acids is 3. The summed E-state index contributed by atoms with van der Waals surface area (Å²) in [7, 11) is 0. The van der Waals surface area contributed by atoms with Crippen molar-refractivity contribution in [2.24, 2.45) is 0 Å². The van der Waals surface area contributed by atoms with Gasteiger partial charge in [0, 0.05) is 29.1 Å². The van der Waals surface area contributed by atoms with Crippen LogP contribution >= 0.6 is 0 Å².